The molecule has 7 nitrogen and oxygen atoms in total. The summed E-state index contributed by atoms with van der Waals surface area (Å²) in [5, 5.41) is 5.65. The van der Waals surface area contributed by atoms with Gasteiger partial charge in [-0.15, -0.1) is 0 Å². The Balaban J connectivity index is 1.91. The zero-order valence-electron chi connectivity index (χ0n) is 14.1. The minimum Gasteiger partial charge on any atom is -0.376 e. The van der Waals surface area contributed by atoms with Crippen molar-refractivity contribution >= 4 is 29.1 Å². The lowest BCUT2D eigenvalue weighted by molar-refractivity contribution is -0.114. The molecule has 0 unspecified atom stereocenters. The highest BCUT2D eigenvalue weighted by atomic mass is 16.2. The molecule has 0 atom stereocenters. The zero-order valence-corrected chi connectivity index (χ0v) is 14.1. The van der Waals surface area contributed by atoms with Crippen LogP contribution >= 0.6 is 0 Å². The van der Waals surface area contributed by atoms with E-state index >= 15 is 0 Å². The fourth-order valence-electron chi connectivity index (χ4n) is 2.13. The van der Waals surface area contributed by atoms with Gasteiger partial charge in [0.15, 0.2) is 0 Å². The molecular weight excluding hydrogens is 320 g/mol. The summed E-state index contributed by atoms with van der Waals surface area (Å²) in [6.07, 6.45) is 0. The lowest BCUT2D eigenvalue weighted by Gasteiger charge is -2.11. The first-order chi connectivity index (χ1) is 11.9. The molecule has 0 saturated heterocycles. The number of primary amides is 1. The number of hydrogen-bond acceptors (Lipinski definition) is 4. The molecule has 2 aromatic rings. The maximum absolute atomic E-state index is 12.0. The van der Waals surface area contributed by atoms with Crippen LogP contribution in [0.2, 0.25) is 0 Å². The van der Waals surface area contributed by atoms with E-state index in [1.54, 1.807) is 56.6 Å². The maximum atomic E-state index is 12.0. The molecule has 3 amide bonds. The van der Waals surface area contributed by atoms with Crippen molar-refractivity contribution in [2.24, 2.45) is 5.73 Å². The van der Waals surface area contributed by atoms with Gasteiger partial charge < -0.3 is 21.3 Å². The second-order valence-electron chi connectivity index (χ2n) is 5.62. The second-order valence-corrected chi connectivity index (χ2v) is 5.62. The number of benzene rings is 2. The summed E-state index contributed by atoms with van der Waals surface area (Å²) in [6.45, 7) is 0.0434. The third-order valence-electron chi connectivity index (χ3n) is 3.42. The SMILES string of the molecule is CN(C)C(=O)c1ccc(NCC(=O)Nc2cccc(C(N)=O)c2)cc1. The van der Waals surface area contributed by atoms with Crippen molar-refractivity contribution in [2.75, 3.05) is 31.3 Å². The second kappa shape index (κ2) is 7.96. The molecule has 0 aromatic heterocycles. The van der Waals surface area contributed by atoms with Crippen molar-refractivity contribution in [3.05, 3.63) is 59.7 Å². The van der Waals surface area contributed by atoms with Gasteiger partial charge in [-0.3, -0.25) is 14.4 Å². The smallest absolute Gasteiger partial charge is 0.253 e. The highest BCUT2D eigenvalue weighted by molar-refractivity contribution is 5.97. The van der Waals surface area contributed by atoms with Gasteiger partial charge in [0.05, 0.1) is 6.54 Å². The Kier molecular flexibility index (Phi) is 5.73. The molecule has 0 radical (unpaired) electrons. The molecule has 2 aromatic carbocycles. The molecule has 0 heterocycles. The summed E-state index contributed by atoms with van der Waals surface area (Å²) >= 11 is 0. The largest absolute Gasteiger partial charge is 0.376 e. The molecule has 0 aliphatic carbocycles. The molecule has 0 bridgehead atoms. The summed E-state index contributed by atoms with van der Waals surface area (Å²) in [5.74, 6) is -0.907. The van der Waals surface area contributed by atoms with E-state index in [1.807, 2.05) is 0 Å². The zero-order chi connectivity index (χ0) is 18.4. The number of carbonyl (C=O) groups excluding carboxylic acids is 3. The molecule has 2 rings (SSSR count). The van der Waals surface area contributed by atoms with Crippen molar-refractivity contribution < 1.29 is 14.4 Å². The van der Waals surface area contributed by atoms with Gasteiger partial charge in [-0.1, -0.05) is 6.07 Å². The number of anilines is 2. The van der Waals surface area contributed by atoms with Crippen LogP contribution in [0, 0.1) is 0 Å². The molecule has 4 N–H and O–H groups in total. The summed E-state index contributed by atoms with van der Waals surface area (Å²) < 4.78 is 0. The van der Waals surface area contributed by atoms with Crippen LogP contribution in [0.4, 0.5) is 11.4 Å². The Hall–Kier alpha value is -3.35. The minimum absolute atomic E-state index is 0.0434. The topological polar surface area (TPSA) is 105 Å². The number of nitrogens with zero attached hydrogens (tertiary/aromatic N) is 1. The van der Waals surface area contributed by atoms with E-state index in [-0.39, 0.29) is 18.4 Å². The molecular formula is C18H20N4O3. The first-order valence-electron chi connectivity index (χ1n) is 7.62. The van der Waals surface area contributed by atoms with Crippen molar-refractivity contribution in [2.45, 2.75) is 0 Å². The van der Waals surface area contributed by atoms with Crippen molar-refractivity contribution in [3.63, 3.8) is 0 Å². The number of rotatable bonds is 6. The number of hydrogen-bond donors (Lipinski definition) is 3. The van der Waals surface area contributed by atoms with Crippen LogP contribution in [-0.4, -0.2) is 43.3 Å². The lowest BCUT2D eigenvalue weighted by Crippen LogP contribution is -2.23. The molecule has 0 aliphatic heterocycles. The van der Waals surface area contributed by atoms with Crippen LogP contribution in [0.15, 0.2) is 48.5 Å². The summed E-state index contributed by atoms with van der Waals surface area (Å²) in [4.78, 5) is 36.4. The number of carbonyl (C=O) groups is 3. The van der Waals surface area contributed by atoms with Crippen LogP contribution in [0.1, 0.15) is 20.7 Å². The van der Waals surface area contributed by atoms with Gasteiger partial charge in [0.1, 0.15) is 0 Å². The van der Waals surface area contributed by atoms with Gasteiger partial charge in [0, 0.05) is 36.6 Å². The average molecular weight is 340 g/mol. The predicted molar refractivity (Wildman–Crippen MR) is 96.5 cm³/mol. The first-order valence-corrected chi connectivity index (χ1v) is 7.62. The standard InChI is InChI=1S/C18H20N4O3/c1-22(2)18(25)12-6-8-14(9-7-12)20-11-16(23)21-15-5-3-4-13(10-15)17(19)24/h3-10,20H,11H2,1-2H3,(H2,19,24)(H,21,23). The molecule has 0 fully saturated rings. The first kappa shape index (κ1) is 18.0. The van der Waals surface area contributed by atoms with Gasteiger partial charge in [-0.05, 0) is 42.5 Å². The fraction of sp³-hybridized carbons (Fsp3) is 0.167. The van der Waals surface area contributed by atoms with Crippen LogP contribution in [0.25, 0.3) is 0 Å². The quantitative estimate of drug-likeness (QED) is 0.742. The highest BCUT2D eigenvalue weighted by Crippen LogP contribution is 2.12. The van der Waals surface area contributed by atoms with Gasteiger partial charge in [-0.2, -0.15) is 0 Å². The third kappa shape index (κ3) is 5.07. The van der Waals surface area contributed by atoms with E-state index in [0.29, 0.717) is 16.8 Å². The monoisotopic (exact) mass is 340 g/mol. The molecule has 130 valence electrons. The predicted octanol–water partition coefficient (Wildman–Crippen LogP) is 1.54. The van der Waals surface area contributed by atoms with Crippen LogP contribution < -0.4 is 16.4 Å². The average Bonchev–Trinajstić information content (AvgIpc) is 2.60. The molecule has 0 saturated carbocycles. The molecule has 7 heteroatoms. The maximum Gasteiger partial charge on any atom is 0.253 e. The van der Waals surface area contributed by atoms with E-state index in [9.17, 15) is 14.4 Å². The van der Waals surface area contributed by atoms with Crippen molar-refractivity contribution in [1.82, 2.24) is 4.90 Å². The van der Waals surface area contributed by atoms with E-state index in [2.05, 4.69) is 10.6 Å². The normalized spacial score (nSPS) is 10.0. The lowest BCUT2D eigenvalue weighted by atomic mass is 10.2. The van der Waals surface area contributed by atoms with E-state index < -0.39 is 5.91 Å². The molecule has 0 aliphatic rings. The highest BCUT2D eigenvalue weighted by Gasteiger charge is 2.08. The Bertz CT molecular complexity index is 785. The minimum atomic E-state index is -0.554. The van der Waals surface area contributed by atoms with E-state index in [4.69, 9.17) is 5.73 Å². The van der Waals surface area contributed by atoms with Crippen molar-refractivity contribution in [1.29, 1.82) is 0 Å². The van der Waals surface area contributed by atoms with E-state index in [1.165, 1.54) is 11.0 Å². The Morgan fingerprint density at radius 2 is 1.64 bits per heavy atom. The van der Waals surface area contributed by atoms with Gasteiger partial charge in [0.2, 0.25) is 11.8 Å². The summed E-state index contributed by atoms with van der Waals surface area (Å²) in [5.41, 5.74) is 7.32. The number of nitrogens with two attached hydrogens (primary N) is 1. The van der Waals surface area contributed by atoms with Crippen LogP contribution in [0.3, 0.4) is 0 Å². The Morgan fingerprint density at radius 3 is 2.24 bits per heavy atom. The third-order valence-corrected chi connectivity index (χ3v) is 3.42. The van der Waals surface area contributed by atoms with Crippen LogP contribution in [-0.2, 0) is 4.79 Å². The Labute approximate surface area is 145 Å². The molecule has 25 heavy (non-hydrogen) atoms. The molecule has 0 spiro atoms. The number of amides is 3. The van der Waals surface area contributed by atoms with Gasteiger partial charge in [0.25, 0.3) is 5.91 Å². The van der Waals surface area contributed by atoms with Gasteiger partial charge in [-0.25, -0.2) is 0 Å². The van der Waals surface area contributed by atoms with Crippen LogP contribution in [0.5, 0.6) is 0 Å². The summed E-state index contributed by atoms with van der Waals surface area (Å²) in [6, 6.07) is 13.3. The van der Waals surface area contributed by atoms with Gasteiger partial charge >= 0.3 is 0 Å². The number of nitrogens with one attached hydrogen (secondary N) is 2. The Morgan fingerprint density at radius 1 is 0.960 bits per heavy atom. The van der Waals surface area contributed by atoms with Crippen molar-refractivity contribution in [3.8, 4) is 0 Å². The fourth-order valence-corrected chi connectivity index (χ4v) is 2.13. The summed E-state index contributed by atoms with van der Waals surface area (Å²) in [7, 11) is 3.37. The van der Waals surface area contributed by atoms with E-state index in [0.717, 1.165) is 5.69 Å².